The van der Waals surface area contributed by atoms with E-state index in [-0.39, 0.29) is 24.4 Å². The quantitative estimate of drug-likeness (QED) is 0.289. The lowest BCUT2D eigenvalue weighted by Gasteiger charge is -2.37. The van der Waals surface area contributed by atoms with Crippen molar-refractivity contribution in [2.24, 2.45) is 0 Å². The predicted octanol–water partition coefficient (Wildman–Crippen LogP) is 1.94. The summed E-state index contributed by atoms with van der Waals surface area (Å²) in [6, 6.07) is 8.27. The number of halogens is 1. The van der Waals surface area contributed by atoms with E-state index >= 15 is 0 Å². The SMILES string of the molecule is CN(c1nc(-c2ccc(F)cc2)c(C#N)s1)c1c(CCO)nc2sc(N3CCC(N(C)CC(=O)N4CC(O)C4)C3)nn12. The third kappa shape index (κ3) is 5.32. The number of anilines is 3. The number of aliphatic hydroxyl groups excluding tert-OH is 2. The summed E-state index contributed by atoms with van der Waals surface area (Å²) >= 11 is 2.68. The molecule has 12 nitrogen and oxygen atoms in total. The van der Waals surface area contributed by atoms with Gasteiger partial charge in [0.05, 0.1) is 18.3 Å². The lowest BCUT2D eigenvalue weighted by Crippen LogP contribution is -2.56. The van der Waals surface area contributed by atoms with Gasteiger partial charge in [0.15, 0.2) is 10.9 Å². The van der Waals surface area contributed by atoms with Gasteiger partial charge in [-0.3, -0.25) is 9.69 Å². The van der Waals surface area contributed by atoms with Gasteiger partial charge in [-0.1, -0.05) is 22.7 Å². The summed E-state index contributed by atoms with van der Waals surface area (Å²) in [6.07, 6.45) is 0.803. The Morgan fingerprint density at radius 3 is 2.64 bits per heavy atom. The van der Waals surface area contributed by atoms with Crippen molar-refractivity contribution in [2.75, 3.05) is 63.2 Å². The zero-order valence-electron chi connectivity index (χ0n) is 23.1. The Morgan fingerprint density at radius 2 is 1.95 bits per heavy atom. The second kappa shape index (κ2) is 11.5. The minimum atomic E-state index is -0.410. The van der Waals surface area contributed by atoms with Crippen molar-refractivity contribution < 1.29 is 19.4 Å². The number of fused-ring (bicyclic) bond motifs is 1. The van der Waals surface area contributed by atoms with Crippen molar-refractivity contribution in [3.05, 3.63) is 40.7 Å². The summed E-state index contributed by atoms with van der Waals surface area (Å²) in [5.41, 5.74) is 1.78. The van der Waals surface area contributed by atoms with Crippen LogP contribution in [0.2, 0.25) is 0 Å². The molecule has 4 aromatic rings. The number of nitrogens with zero attached hydrogens (tertiary/aromatic N) is 9. The van der Waals surface area contributed by atoms with Crippen LogP contribution in [0.15, 0.2) is 24.3 Å². The van der Waals surface area contributed by atoms with Crippen molar-refractivity contribution in [2.45, 2.75) is 25.0 Å². The molecule has 0 spiro atoms. The van der Waals surface area contributed by atoms with Crippen LogP contribution >= 0.6 is 22.7 Å². The van der Waals surface area contributed by atoms with Gasteiger partial charge in [0.1, 0.15) is 22.5 Å². The highest BCUT2D eigenvalue weighted by Gasteiger charge is 2.33. The maximum absolute atomic E-state index is 13.5. The first-order chi connectivity index (χ1) is 20.2. The largest absolute Gasteiger partial charge is 0.396 e. The lowest BCUT2D eigenvalue weighted by molar-refractivity contribution is -0.142. The molecule has 0 saturated carbocycles. The molecule has 1 aromatic carbocycles. The molecule has 15 heteroatoms. The number of carbonyl (C=O) groups excluding carboxylic acids is 1. The topological polar surface area (TPSA) is 137 Å². The van der Waals surface area contributed by atoms with E-state index in [4.69, 9.17) is 15.1 Å². The number of nitriles is 1. The molecule has 1 atom stereocenters. The average Bonchev–Trinajstić information content (AvgIpc) is 3.74. The molecule has 0 bridgehead atoms. The Labute approximate surface area is 249 Å². The molecule has 42 heavy (non-hydrogen) atoms. The van der Waals surface area contributed by atoms with Crippen molar-refractivity contribution >= 4 is 49.6 Å². The number of hydrogen-bond donors (Lipinski definition) is 2. The van der Waals surface area contributed by atoms with E-state index < -0.39 is 6.10 Å². The molecular formula is C27H30FN9O3S2. The molecule has 1 amide bonds. The van der Waals surface area contributed by atoms with Crippen molar-refractivity contribution in [3.63, 3.8) is 0 Å². The molecule has 1 unspecified atom stereocenters. The number of aliphatic hydroxyl groups is 2. The smallest absolute Gasteiger partial charge is 0.236 e. The summed E-state index contributed by atoms with van der Waals surface area (Å²) in [5.74, 6) is 0.319. The minimum absolute atomic E-state index is 0.0300. The fraction of sp³-hybridized carbons (Fsp3) is 0.444. The van der Waals surface area contributed by atoms with E-state index in [0.717, 1.165) is 24.6 Å². The maximum atomic E-state index is 13.5. The molecule has 2 fully saturated rings. The number of imidazole rings is 1. The molecule has 3 aromatic heterocycles. The first-order valence-corrected chi connectivity index (χ1v) is 15.2. The van der Waals surface area contributed by atoms with Crippen LogP contribution in [-0.2, 0) is 11.2 Å². The second-order valence-electron chi connectivity index (χ2n) is 10.5. The lowest BCUT2D eigenvalue weighted by atomic mass is 10.1. The molecule has 2 saturated heterocycles. The van der Waals surface area contributed by atoms with Crippen LogP contribution in [0.3, 0.4) is 0 Å². The van der Waals surface area contributed by atoms with Crippen molar-refractivity contribution in [1.82, 2.24) is 29.4 Å². The van der Waals surface area contributed by atoms with Crippen molar-refractivity contribution in [3.8, 4) is 17.3 Å². The van der Waals surface area contributed by atoms with Crippen LogP contribution in [0.25, 0.3) is 16.2 Å². The van der Waals surface area contributed by atoms with Crippen LogP contribution in [0, 0.1) is 17.1 Å². The number of aromatic nitrogens is 4. The van der Waals surface area contributed by atoms with Gasteiger partial charge < -0.3 is 24.9 Å². The number of likely N-dealkylation sites (tertiary alicyclic amines) is 1. The molecule has 2 N–H and O–H groups in total. The second-order valence-corrected chi connectivity index (χ2v) is 12.5. The minimum Gasteiger partial charge on any atom is -0.396 e. The highest BCUT2D eigenvalue weighted by molar-refractivity contribution is 7.20. The Kier molecular flexibility index (Phi) is 7.81. The van der Waals surface area contributed by atoms with Gasteiger partial charge in [-0.2, -0.15) is 9.78 Å². The number of carbonyl (C=O) groups is 1. The summed E-state index contributed by atoms with van der Waals surface area (Å²) in [6.45, 7) is 2.54. The summed E-state index contributed by atoms with van der Waals surface area (Å²) in [5, 5.41) is 35.3. The molecule has 5 heterocycles. The van der Waals surface area contributed by atoms with E-state index in [1.54, 1.807) is 21.5 Å². The van der Waals surface area contributed by atoms with Gasteiger partial charge in [0, 0.05) is 57.9 Å². The van der Waals surface area contributed by atoms with Gasteiger partial charge in [0.25, 0.3) is 0 Å². The molecular weight excluding hydrogens is 581 g/mol. The highest BCUT2D eigenvalue weighted by atomic mass is 32.1. The summed E-state index contributed by atoms with van der Waals surface area (Å²) in [4.78, 5) is 30.8. The van der Waals surface area contributed by atoms with Gasteiger partial charge in [-0.25, -0.2) is 14.4 Å². The van der Waals surface area contributed by atoms with Crippen LogP contribution in [0.5, 0.6) is 0 Å². The Morgan fingerprint density at radius 1 is 1.19 bits per heavy atom. The number of hydrogen-bond acceptors (Lipinski definition) is 12. The first-order valence-electron chi connectivity index (χ1n) is 13.6. The summed E-state index contributed by atoms with van der Waals surface area (Å²) < 4.78 is 15.3. The highest BCUT2D eigenvalue weighted by Crippen LogP contribution is 2.38. The first kappa shape index (κ1) is 28.4. The molecule has 2 aliphatic rings. The van der Waals surface area contributed by atoms with Crippen molar-refractivity contribution in [1.29, 1.82) is 5.26 Å². The van der Waals surface area contributed by atoms with E-state index in [9.17, 15) is 24.7 Å². The van der Waals surface area contributed by atoms with Gasteiger partial charge >= 0.3 is 0 Å². The van der Waals surface area contributed by atoms with Crippen LogP contribution in [0.4, 0.5) is 20.5 Å². The van der Waals surface area contributed by atoms with Crippen LogP contribution in [-0.4, -0.2) is 111 Å². The number of β-amino-alcohol motifs (C(OH)–C–C–N with tert-alkyl or cyclic N) is 1. The van der Waals surface area contributed by atoms with E-state index in [2.05, 4.69) is 15.9 Å². The number of rotatable bonds is 9. The Bertz CT molecular complexity index is 1640. The third-order valence-corrected chi connectivity index (χ3v) is 9.69. The van der Waals surface area contributed by atoms with Gasteiger partial charge in [-0.15, -0.1) is 5.10 Å². The normalized spacial score (nSPS) is 17.3. The monoisotopic (exact) mass is 611 g/mol. The fourth-order valence-corrected chi connectivity index (χ4v) is 7.10. The van der Waals surface area contributed by atoms with Crippen LogP contribution in [0.1, 0.15) is 17.0 Å². The standard InChI is InChI=1S/C27H30FN9O3S2/c1-33(15-22(40)36-13-19(39)14-36)18-7-9-35(12-18)27-32-37-24(20(8-10-38)30-26(37)42-27)34(2)25-31-23(21(11-29)41-25)16-3-5-17(28)6-4-16/h3-6,18-19,38-39H,7-10,12-15H2,1-2H3. The Balaban J connectivity index is 1.23. The number of likely N-dealkylation sites (N-methyl/N-ethyl adjacent to an activating group) is 1. The average molecular weight is 612 g/mol. The molecule has 0 aliphatic carbocycles. The molecule has 2 aliphatic heterocycles. The number of amides is 1. The van der Waals surface area contributed by atoms with E-state index in [1.165, 1.54) is 34.8 Å². The number of benzene rings is 1. The Hall–Kier alpha value is -3.68. The third-order valence-electron chi connectivity index (χ3n) is 7.68. The van der Waals surface area contributed by atoms with Gasteiger partial charge in [0.2, 0.25) is 16.0 Å². The zero-order chi connectivity index (χ0) is 29.5. The number of thiazole rings is 1. The molecule has 220 valence electrons. The zero-order valence-corrected chi connectivity index (χ0v) is 24.8. The van der Waals surface area contributed by atoms with Gasteiger partial charge in [-0.05, 0) is 37.7 Å². The molecule has 0 radical (unpaired) electrons. The van der Waals surface area contributed by atoms with Crippen LogP contribution < -0.4 is 9.80 Å². The predicted molar refractivity (Wildman–Crippen MR) is 158 cm³/mol. The maximum Gasteiger partial charge on any atom is 0.236 e. The van der Waals surface area contributed by atoms with E-state index in [1.807, 2.05) is 19.0 Å². The fourth-order valence-electron chi connectivity index (χ4n) is 5.31. The van der Waals surface area contributed by atoms with E-state index in [0.29, 0.717) is 63.8 Å². The summed E-state index contributed by atoms with van der Waals surface area (Å²) in [7, 11) is 3.78. The molecule has 6 rings (SSSR count).